The minimum atomic E-state index is -0.536. The van der Waals surface area contributed by atoms with Crippen LogP contribution < -0.4 is 11.1 Å². The lowest BCUT2D eigenvalue weighted by Crippen LogP contribution is -2.50. The van der Waals surface area contributed by atoms with E-state index in [1.54, 1.807) is 0 Å². The molecule has 1 atom stereocenters. The molecule has 4 heteroatoms. The van der Waals surface area contributed by atoms with Crippen molar-refractivity contribution in [3.8, 4) is 0 Å². The monoisotopic (exact) mass is 215 g/mol. The minimum Gasteiger partial charge on any atom is -0.385 e. The number of nitrogens with one attached hydrogen (secondary N) is 1. The maximum atomic E-state index is 11.4. The molecule has 82 valence electrons. The average Bonchev–Trinajstić information content (AvgIpc) is 2.55. The molecule has 4 nitrogen and oxygen atoms in total. The number of carbonyl (C=O) groups is 1. The number of rotatable bonds is 0. The molecule has 0 fully saturated rings. The van der Waals surface area contributed by atoms with E-state index < -0.39 is 5.54 Å². The summed E-state index contributed by atoms with van der Waals surface area (Å²) in [5, 5.41) is 2.91. The van der Waals surface area contributed by atoms with E-state index in [0.29, 0.717) is 5.84 Å². The van der Waals surface area contributed by atoms with Gasteiger partial charge in [-0.15, -0.1) is 0 Å². The number of nitrogens with two attached hydrogens (primary N) is 1. The molecule has 0 radical (unpaired) electrons. The quantitative estimate of drug-likeness (QED) is 0.685. The lowest BCUT2D eigenvalue weighted by atomic mass is 9.76. The van der Waals surface area contributed by atoms with Gasteiger partial charge in [0, 0.05) is 0 Å². The van der Waals surface area contributed by atoms with Crippen LogP contribution in [0.4, 0.5) is 4.79 Å². The van der Waals surface area contributed by atoms with Crippen LogP contribution in [0.2, 0.25) is 0 Å². The van der Waals surface area contributed by atoms with Gasteiger partial charge in [-0.25, -0.2) is 4.79 Å². The summed E-state index contributed by atoms with van der Waals surface area (Å²) >= 11 is 0. The number of aliphatic imine (C=N–C) groups is 1. The van der Waals surface area contributed by atoms with Crippen molar-refractivity contribution in [2.24, 2.45) is 10.7 Å². The first kappa shape index (κ1) is 9.39. The van der Waals surface area contributed by atoms with E-state index in [2.05, 4.69) is 16.4 Å². The van der Waals surface area contributed by atoms with Crippen molar-refractivity contribution >= 4 is 11.9 Å². The van der Waals surface area contributed by atoms with Crippen LogP contribution in [0.3, 0.4) is 0 Å². The number of hydrogen-bond acceptors (Lipinski definition) is 2. The van der Waals surface area contributed by atoms with Gasteiger partial charge >= 0.3 is 6.03 Å². The number of carbonyl (C=O) groups excluding carboxylic acids is 1. The first-order chi connectivity index (χ1) is 7.72. The van der Waals surface area contributed by atoms with E-state index in [1.165, 1.54) is 5.56 Å². The van der Waals surface area contributed by atoms with Crippen LogP contribution in [0.25, 0.3) is 0 Å². The summed E-state index contributed by atoms with van der Waals surface area (Å²) in [7, 11) is 0. The molecule has 0 saturated carbocycles. The van der Waals surface area contributed by atoms with Gasteiger partial charge in [-0.1, -0.05) is 24.3 Å². The lowest BCUT2D eigenvalue weighted by molar-refractivity contribution is 0.244. The highest BCUT2D eigenvalue weighted by atomic mass is 16.2. The maximum Gasteiger partial charge on any atom is 0.343 e. The molecule has 1 aliphatic heterocycles. The van der Waals surface area contributed by atoms with Crippen molar-refractivity contribution in [1.29, 1.82) is 0 Å². The van der Waals surface area contributed by atoms with E-state index in [1.807, 2.05) is 18.2 Å². The number of amidine groups is 1. The summed E-state index contributed by atoms with van der Waals surface area (Å²) in [5.74, 6) is 0.407. The first-order valence-electron chi connectivity index (χ1n) is 5.47. The fourth-order valence-corrected chi connectivity index (χ4v) is 2.71. The van der Waals surface area contributed by atoms with Crippen LogP contribution in [0.1, 0.15) is 24.0 Å². The van der Waals surface area contributed by atoms with Gasteiger partial charge in [0.25, 0.3) is 0 Å². The normalized spacial score (nSPS) is 27.5. The Labute approximate surface area is 93.6 Å². The molecule has 3 rings (SSSR count). The van der Waals surface area contributed by atoms with Crippen molar-refractivity contribution in [3.05, 3.63) is 35.4 Å². The molecule has 0 saturated heterocycles. The topological polar surface area (TPSA) is 67.5 Å². The van der Waals surface area contributed by atoms with Gasteiger partial charge in [0.15, 0.2) is 0 Å². The fourth-order valence-electron chi connectivity index (χ4n) is 2.71. The Hall–Kier alpha value is -1.84. The van der Waals surface area contributed by atoms with Crippen molar-refractivity contribution in [2.75, 3.05) is 0 Å². The second-order valence-corrected chi connectivity index (χ2v) is 4.34. The van der Waals surface area contributed by atoms with E-state index in [0.717, 1.165) is 24.8 Å². The third-order valence-corrected chi connectivity index (χ3v) is 3.45. The van der Waals surface area contributed by atoms with Gasteiger partial charge < -0.3 is 11.1 Å². The molecule has 1 unspecified atom stereocenters. The molecule has 2 amide bonds. The third-order valence-electron chi connectivity index (χ3n) is 3.45. The van der Waals surface area contributed by atoms with Gasteiger partial charge in [-0.05, 0) is 30.4 Å². The van der Waals surface area contributed by atoms with Crippen LogP contribution in [-0.4, -0.2) is 11.9 Å². The third kappa shape index (κ3) is 1.10. The standard InChI is InChI=1S/C12H13N3O/c13-10-12(15-11(16)14-10)7-3-5-8-4-1-2-6-9(8)12/h1-2,4,6H,3,5,7H2,(H3,13,14,15,16). The number of benzene rings is 1. The van der Waals surface area contributed by atoms with E-state index >= 15 is 0 Å². The van der Waals surface area contributed by atoms with Crippen LogP contribution in [0.15, 0.2) is 29.3 Å². The molecule has 2 aliphatic rings. The van der Waals surface area contributed by atoms with Gasteiger partial charge in [0.2, 0.25) is 0 Å². The molecule has 1 aliphatic carbocycles. The molecule has 1 aromatic carbocycles. The van der Waals surface area contributed by atoms with Gasteiger partial charge in [0.05, 0.1) is 0 Å². The Morgan fingerprint density at radius 2 is 2.19 bits per heavy atom. The summed E-state index contributed by atoms with van der Waals surface area (Å²) in [6, 6.07) is 7.79. The zero-order chi connectivity index (χ0) is 11.2. The van der Waals surface area contributed by atoms with Crippen LogP contribution in [0.5, 0.6) is 0 Å². The van der Waals surface area contributed by atoms with E-state index in [9.17, 15) is 4.79 Å². The van der Waals surface area contributed by atoms with Gasteiger partial charge in [-0.3, -0.25) is 0 Å². The van der Waals surface area contributed by atoms with Crippen LogP contribution >= 0.6 is 0 Å². The summed E-state index contributed by atoms with van der Waals surface area (Å²) < 4.78 is 0. The minimum absolute atomic E-state index is 0.325. The Kier molecular flexibility index (Phi) is 1.80. The molecule has 16 heavy (non-hydrogen) atoms. The van der Waals surface area contributed by atoms with Crippen molar-refractivity contribution < 1.29 is 4.79 Å². The second kappa shape index (κ2) is 3.07. The molecular weight excluding hydrogens is 202 g/mol. The lowest BCUT2D eigenvalue weighted by Gasteiger charge is -2.35. The Morgan fingerprint density at radius 1 is 1.38 bits per heavy atom. The molecule has 0 aromatic heterocycles. The molecule has 1 heterocycles. The van der Waals surface area contributed by atoms with Gasteiger partial charge in [-0.2, -0.15) is 4.99 Å². The highest BCUT2D eigenvalue weighted by Gasteiger charge is 2.45. The van der Waals surface area contributed by atoms with Crippen molar-refractivity contribution in [2.45, 2.75) is 24.8 Å². The van der Waals surface area contributed by atoms with Crippen LogP contribution in [-0.2, 0) is 12.0 Å². The molecule has 1 aromatic rings. The smallest absolute Gasteiger partial charge is 0.343 e. The van der Waals surface area contributed by atoms with Crippen molar-refractivity contribution in [1.82, 2.24) is 5.32 Å². The fraction of sp³-hybridized carbons (Fsp3) is 0.333. The number of urea groups is 1. The summed E-state index contributed by atoms with van der Waals surface area (Å²) in [6.45, 7) is 0. The van der Waals surface area contributed by atoms with Crippen LogP contribution in [0, 0.1) is 0 Å². The Morgan fingerprint density at radius 3 is 2.94 bits per heavy atom. The predicted molar refractivity (Wildman–Crippen MR) is 61.2 cm³/mol. The Balaban J connectivity index is 2.18. The molecule has 0 bridgehead atoms. The molecular formula is C12H13N3O. The second-order valence-electron chi connectivity index (χ2n) is 4.34. The summed E-state index contributed by atoms with van der Waals surface area (Å²) in [4.78, 5) is 15.2. The number of aryl methyl sites for hydroxylation is 1. The highest BCUT2D eigenvalue weighted by molar-refractivity contribution is 6.06. The number of fused-ring (bicyclic) bond motifs is 2. The SMILES string of the molecule is NC1=NC(=O)NC12CCCc1ccccc12. The predicted octanol–water partition coefficient (Wildman–Crippen LogP) is 1.30. The Bertz CT molecular complexity index is 495. The summed E-state index contributed by atoms with van der Waals surface area (Å²) in [5.41, 5.74) is 7.74. The summed E-state index contributed by atoms with van der Waals surface area (Å²) in [6.07, 6.45) is 2.90. The number of nitrogens with zero attached hydrogens (tertiary/aromatic N) is 1. The average molecular weight is 215 g/mol. The van der Waals surface area contributed by atoms with Crippen molar-refractivity contribution in [3.63, 3.8) is 0 Å². The van der Waals surface area contributed by atoms with E-state index in [4.69, 9.17) is 5.73 Å². The highest BCUT2D eigenvalue weighted by Crippen LogP contribution is 2.37. The maximum absolute atomic E-state index is 11.4. The molecule has 1 spiro atoms. The molecule has 3 N–H and O–H groups in total. The number of amides is 2. The zero-order valence-corrected chi connectivity index (χ0v) is 8.86. The number of hydrogen-bond donors (Lipinski definition) is 2. The first-order valence-corrected chi connectivity index (χ1v) is 5.47. The largest absolute Gasteiger partial charge is 0.385 e. The van der Waals surface area contributed by atoms with Gasteiger partial charge in [0.1, 0.15) is 11.4 Å². The zero-order valence-electron chi connectivity index (χ0n) is 8.86. The van der Waals surface area contributed by atoms with E-state index in [-0.39, 0.29) is 6.03 Å².